The maximum atomic E-state index is 12.3. The normalized spacial score (nSPS) is 21.1. The van der Waals surface area contributed by atoms with Gasteiger partial charge >= 0.3 is 5.97 Å². The monoisotopic (exact) mass is 400 g/mol. The molecule has 7 heteroatoms. The van der Waals surface area contributed by atoms with E-state index in [1.54, 1.807) is 36.2 Å². The summed E-state index contributed by atoms with van der Waals surface area (Å²) in [5, 5.41) is 0. The second kappa shape index (κ2) is 9.20. The number of fused-ring (bicyclic) bond motifs is 1. The Balaban J connectivity index is 1.38. The zero-order valence-corrected chi connectivity index (χ0v) is 17.1. The van der Waals surface area contributed by atoms with E-state index in [1.165, 1.54) is 0 Å². The molecule has 1 aliphatic carbocycles. The highest BCUT2D eigenvalue weighted by atomic mass is 16.5. The van der Waals surface area contributed by atoms with Gasteiger partial charge in [0.1, 0.15) is 0 Å². The molecule has 3 amide bonds. The quantitative estimate of drug-likeness (QED) is 0.519. The van der Waals surface area contributed by atoms with E-state index in [2.05, 4.69) is 6.92 Å². The van der Waals surface area contributed by atoms with Crippen molar-refractivity contribution in [2.45, 2.75) is 51.5 Å². The average Bonchev–Trinajstić information content (AvgIpc) is 2.97. The number of ether oxygens (including phenoxy) is 1. The fraction of sp³-hybridized carbons (Fsp3) is 0.545. The highest BCUT2D eigenvalue weighted by Gasteiger charge is 2.34. The van der Waals surface area contributed by atoms with Crippen molar-refractivity contribution < 1.29 is 23.9 Å². The first-order chi connectivity index (χ1) is 13.9. The Hall–Kier alpha value is -2.70. The minimum atomic E-state index is -0.499. The van der Waals surface area contributed by atoms with E-state index in [0.717, 1.165) is 30.6 Å². The van der Waals surface area contributed by atoms with Crippen molar-refractivity contribution in [3.8, 4) is 0 Å². The van der Waals surface area contributed by atoms with Crippen LogP contribution in [0, 0.1) is 5.92 Å². The molecule has 1 heterocycles. The Labute approximate surface area is 171 Å². The third-order valence-electron chi connectivity index (χ3n) is 5.92. The van der Waals surface area contributed by atoms with Gasteiger partial charge in [-0.1, -0.05) is 19.1 Å². The average molecular weight is 400 g/mol. The molecule has 2 aliphatic rings. The molecule has 0 bridgehead atoms. The van der Waals surface area contributed by atoms with Crippen LogP contribution in [0.2, 0.25) is 0 Å². The number of hydrogen-bond donors (Lipinski definition) is 0. The largest absolute Gasteiger partial charge is 0.456 e. The van der Waals surface area contributed by atoms with Gasteiger partial charge in [0, 0.05) is 26.1 Å². The molecule has 0 N–H and O–H groups in total. The van der Waals surface area contributed by atoms with Gasteiger partial charge in [-0.05, 0) is 50.2 Å². The van der Waals surface area contributed by atoms with Crippen LogP contribution in [0.1, 0.15) is 66.2 Å². The summed E-state index contributed by atoms with van der Waals surface area (Å²) in [6, 6.07) is 6.89. The van der Waals surface area contributed by atoms with E-state index in [4.69, 9.17) is 4.74 Å². The lowest BCUT2D eigenvalue weighted by atomic mass is 9.87. The van der Waals surface area contributed by atoms with Crippen molar-refractivity contribution in [3.63, 3.8) is 0 Å². The molecule has 0 atom stereocenters. The topological polar surface area (TPSA) is 84.0 Å². The summed E-state index contributed by atoms with van der Waals surface area (Å²) >= 11 is 0. The van der Waals surface area contributed by atoms with Gasteiger partial charge < -0.3 is 9.64 Å². The predicted octanol–water partition coefficient (Wildman–Crippen LogP) is 2.64. The van der Waals surface area contributed by atoms with E-state index >= 15 is 0 Å². The van der Waals surface area contributed by atoms with Crippen LogP contribution >= 0.6 is 0 Å². The number of carbonyl (C=O) groups is 4. The molecule has 1 aliphatic heterocycles. The second-order valence-electron chi connectivity index (χ2n) is 7.99. The molecule has 156 valence electrons. The van der Waals surface area contributed by atoms with Crippen LogP contribution in [0.15, 0.2) is 24.3 Å². The molecule has 0 unspecified atom stereocenters. The summed E-state index contributed by atoms with van der Waals surface area (Å²) in [7, 11) is 1.76. The molecule has 0 saturated heterocycles. The molecule has 3 rings (SSSR count). The van der Waals surface area contributed by atoms with Crippen LogP contribution in [0.25, 0.3) is 0 Å². The van der Waals surface area contributed by atoms with Crippen LogP contribution in [-0.4, -0.2) is 59.7 Å². The molecule has 1 aromatic rings. The number of nitrogens with zero attached hydrogens (tertiary/aromatic N) is 2. The van der Waals surface area contributed by atoms with E-state index < -0.39 is 5.97 Å². The van der Waals surface area contributed by atoms with Crippen molar-refractivity contribution in [3.05, 3.63) is 35.4 Å². The molecule has 1 aromatic carbocycles. The molecule has 1 saturated carbocycles. The Bertz CT molecular complexity index is 763. The third kappa shape index (κ3) is 4.83. The fourth-order valence-corrected chi connectivity index (χ4v) is 3.97. The van der Waals surface area contributed by atoms with Crippen molar-refractivity contribution in [2.75, 3.05) is 20.2 Å². The number of hydrogen-bond acceptors (Lipinski definition) is 5. The lowest BCUT2D eigenvalue weighted by Crippen LogP contribution is -2.41. The lowest BCUT2D eigenvalue weighted by molar-refractivity contribution is -0.152. The van der Waals surface area contributed by atoms with Gasteiger partial charge in [-0.15, -0.1) is 0 Å². The van der Waals surface area contributed by atoms with Gasteiger partial charge in [-0.2, -0.15) is 0 Å². The van der Waals surface area contributed by atoms with Crippen molar-refractivity contribution in [1.29, 1.82) is 0 Å². The number of benzene rings is 1. The van der Waals surface area contributed by atoms with Crippen LogP contribution in [0.3, 0.4) is 0 Å². The molecule has 0 radical (unpaired) electrons. The summed E-state index contributed by atoms with van der Waals surface area (Å²) in [6.07, 6.45) is 4.54. The summed E-state index contributed by atoms with van der Waals surface area (Å²) < 4.78 is 5.10. The van der Waals surface area contributed by atoms with Crippen LogP contribution < -0.4 is 0 Å². The highest BCUT2D eigenvalue weighted by Crippen LogP contribution is 2.26. The van der Waals surface area contributed by atoms with Crippen LogP contribution in [0.5, 0.6) is 0 Å². The molecule has 0 spiro atoms. The molecular weight excluding hydrogens is 372 g/mol. The zero-order valence-electron chi connectivity index (χ0n) is 17.1. The number of imide groups is 1. The standard InChI is InChI=1S/C22H28N2O5/c1-15-9-11-16(12-10-15)23(2)19(25)14-29-20(26)8-5-13-24-21(27)17-6-3-4-7-18(17)22(24)28/h3-4,6-7,15-16H,5,8-14H2,1-2H3. The van der Waals surface area contributed by atoms with Gasteiger partial charge in [0.25, 0.3) is 17.7 Å². The van der Waals surface area contributed by atoms with E-state index in [1.807, 2.05) is 0 Å². The van der Waals surface area contributed by atoms with Gasteiger partial charge in [0.15, 0.2) is 6.61 Å². The van der Waals surface area contributed by atoms with Crippen molar-refractivity contribution in [1.82, 2.24) is 9.80 Å². The second-order valence-corrected chi connectivity index (χ2v) is 7.99. The Kier molecular flexibility index (Phi) is 6.67. The van der Waals surface area contributed by atoms with Crippen molar-refractivity contribution >= 4 is 23.7 Å². The number of amides is 3. The number of likely N-dealkylation sites (N-methyl/N-ethyl adjacent to an activating group) is 1. The number of carbonyl (C=O) groups excluding carboxylic acids is 4. The first-order valence-electron chi connectivity index (χ1n) is 10.2. The lowest BCUT2D eigenvalue weighted by Gasteiger charge is -2.33. The SMILES string of the molecule is CC1CCC(N(C)C(=O)COC(=O)CCCN2C(=O)c3ccccc3C2=O)CC1. The zero-order chi connectivity index (χ0) is 21.0. The molecular formula is C22H28N2O5. The minimum Gasteiger partial charge on any atom is -0.456 e. The van der Waals surface area contributed by atoms with E-state index in [-0.39, 0.29) is 43.3 Å². The highest BCUT2D eigenvalue weighted by molar-refractivity contribution is 6.21. The molecule has 29 heavy (non-hydrogen) atoms. The first-order valence-corrected chi connectivity index (χ1v) is 10.2. The van der Waals surface area contributed by atoms with Gasteiger partial charge in [0.2, 0.25) is 0 Å². The van der Waals surface area contributed by atoms with Crippen LogP contribution in [-0.2, 0) is 14.3 Å². The van der Waals surface area contributed by atoms with Crippen LogP contribution in [0.4, 0.5) is 0 Å². The van der Waals surface area contributed by atoms with Gasteiger partial charge in [-0.25, -0.2) is 0 Å². The van der Waals surface area contributed by atoms with E-state index in [9.17, 15) is 19.2 Å². The predicted molar refractivity (Wildman–Crippen MR) is 106 cm³/mol. The smallest absolute Gasteiger partial charge is 0.306 e. The summed E-state index contributed by atoms with van der Waals surface area (Å²) in [6.45, 7) is 2.10. The summed E-state index contributed by atoms with van der Waals surface area (Å²) in [5.74, 6) is -0.663. The Morgan fingerprint density at radius 2 is 1.66 bits per heavy atom. The third-order valence-corrected chi connectivity index (χ3v) is 5.92. The Morgan fingerprint density at radius 1 is 1.07 bits per heavy atom. The summed E-state index contributed by atoms with van der Waals surface area (Å²) in [4.78, 5) is 51.6. The summed E-state index contributed by atoms with van der Waals surface area (Å²) in [5.41, 5.74) is 0.789. The number of rotatable bonds is 7. The first kappa shape index (κ1) is 21.0. The molecule has 7 nitrogen and oxygen atoms in total. The Morgan fingerprint density at radius 3 is 2.24 bits per heavy atom. The van der Waals surface area contributed by atoms with Crippen molar-refractivity contribution in [2.24, 2.45) is 5.92 Å². The molecule has 0 aromatic heterocycles. The van der Waals surface area contributed by atoms with Gasteiger partial charge in [-0.3, -0.25) is 24.1 Å². The maximum absolute atomic E-state index is 12.3. The fourth-order valence-electron chi connectivity index (χ4n) is 3.97. The minimum absolute atomic E-state index is 0.0470. The maximum Gasteiger partial charge on any atom is 0.306 e. The van der Waals surface area contributed by atoms with E-state index in [0.29, 0.717) is 23.5 Å². The number of esters is 1. The molecule has 1 fully saturated rings. The van der Waals surface area contributed by atoms with Gasteiger partial charge in [0.05, 0.1) is 11.1 Å².